The van der Waals surface area contributed by atoms with E-state index in [1.807, 2.05) is 7.05 Å². The second kappa shape index (κ2) is 7.14. The number of hydrogen-bond acceptors (Lipinski definition) is 4. The van der Waals surface area contributed by atoms with Crippen LogP contribution < -0.4 is 0 Å². The van der Waals surface area contributed by atoms with Gasteiger partial charge in [0.1, 0.15) is 37.9 Å². The van der Waals surface area contributed by atoms with Crippen LogP contribution in [0.4, 0.5) is 0 Å². The van der Waals surface area contributed by atoms with E-state index >= 15 is 0 Å². The molecule has 0 aromatic rings. The molecule has 4 N–H and O–H groups in total. The molecule has 3 unspecified atom stereocenters. The van der Waals surface area contributed by atoms with Gasteiger partial charge in [0.05, 0.1) is 7.05 Å². The molecule has 0 aliphatic carbocycles. The first-order chi connectivity index (χ1) is 6.25. The number of quaternary nitrogens is 1. The van der Waals surface area contributed by atoms with E-state index in [0.717, 1.165) is 0 Å². The van der Waals surface area contributed by atoms with Crippen LogP contribution in [0.2, 0.25) is 0 Å². The Hall–Kier alpha value is -0.200. The highest BCUT2D eigenvalue weighted by Crippen LogP contribution is 2.08. The zero-order valence-corrected chi connectivity index (χ0v) is 10.1. The van der Waals surface area contributed by atoms with E-state index < -0.39 is 18.3 Å². The fourth-order valence-corrected chi connectivity index (χ4v) is 2.14. The Morgan fingerprint density at radius 3 is 1.13 bits per heavy atom. The molecule has 0 aliphatic heterocycles. The minimum absolute atomic E-state index is 0. The number of hydrogen-bond donors (Lipinski definition) is 3. The van der Waals surface area contributed by atoms with E-state index in [1.165, 1.54) is 0 Å². The SMILES string of the molecule is CC(O)C[N+](C)(CC(C)O)CC(C)O.[OH-]. The second-order valence-corrected chi connectivity index (χ2v) is 4.71. The molecule has 0 aromatic carbocycles. The maximum absolute atomic E-state index is 9.33. The van der Waals surface area contributed by atoms with Gasteiger partial charge in [-0.05, 0) is 20.8 Å². The summed E-state index contributed by atoms with van der Waals surface area (Å²) in [6.07, 6.45) is -1.26. The van der Waals surface area contributed by atoms with Gasteiger partial charge in [-0.25, -0.2) is 0 Å². The monoisotopic (exact) mass is 223 g/mol. The molecule has 0 aromatic heterocycles. The van der Waals surface area contributed by atoms with Crippen molar-refractivity contribution in [3.63, 3.8) is 0 Å². The maximum atomic E-state index is 9.33. The van der Waals surface area contributed by atoms with Crippen molar-refractivity contribution in [1.29, 1.82) is 0 Å². The molecule has 5 nitrogen and oxygen atoms in total. The maximum Gasteiger partial charge on any atom is 0.105 e. The summed E-state index contributed by atoms with van der Waals surface area (Å²) in [5.74, 6) is 0. The largest absolute Gasteiger partial charge is 0.870 e. The molecule has 0 bridgehead atoms. The number of aliphatic hydroxyl groups excluding tert-OH is 3. The Kier molecular flexibility index (Phi) is 8.18. The zero-order valence-electron chi connectivity index (χ0n) is 10.1. The average Bonchev–Trinajstić information content (AvgIpc) is 1.76. The van der Waals surface area contributed by atoms with Crippen molar-refractivity contribution in [2.24, 2.45) is 0 Å². The van der Waals surface area contributed by atoms with Crippen LogP contribution in [0.25, 0.3) is 0 Å². The Labute approximate surface area is 91.9 Å². The Balaban J connectivity index is 0. The van der Waals surface area contributed by atoms with Crippen LogP contribution in [0, 0.1) is 0 Å². The number of nitrogens with zero attached hydrogens (tertiary/aromatic N) is 1. The molecule has 0 fully saturated rings. The van der Waals surface area contributed by atoms with Crippen LogP contribution in [-0.4, -0.2) is 70.3 Å². The highest BCUT2D eigenvalue weighted by atomic mass is 16.3. The highest BCUT2D eigenvalue weighted by molar-refractivity contribution is 4.54. The van der Waals surface area contributed by atoms with Crippen molar-refractivity contribution < 1.29 is 25.3 Å². The van der Waals surface area contributed by atoms with Crippen molar-refractivity contribution >= 4 is 0 Å². The van der Waals surface area contributed by atoms with E-state index in [1.54, 1.807) is 20.8 Å². The summed E-state index contributed by atoms with van der Waals surface area (Å²) in [4.78, 5) is 0. The van der Waals surface area contributed by atoms with Gasteiger partial charge < -0.3 is 25.3 Å². The van der Waals surface area contributed by atoms with Crippen molar-refractivity contribution in [2.75, 3.05) is 26.7 Å². The number of rotatable bonds is 6. The van der Waals surface area contributed by atoms with Crippen molar-refractivity contribution in [3.8, 4) is 0 Å². The molecule has 0 saturated carbocycles. The van der Waals surface area contributed by atoms with Crippen molar-refractivity contribution in [2.45, 2.75) is 39.1 Å². The van der Waals surface area contributed by atoms with E-state index in [0.29, 0.717) is 24.1 Å². The molecule has 5 heteroatoms. The lowest BCUT2D eigenvalue weighted by Gasteiger charge is -2.37. The average molecular weight is 223 g/mol. The van der Waals surface area contributed by atoms with Crippen LogP contribution in [0.3, 0.4) is 0 Å². The van der Waals surface area contributed by atoms with Gasteiger partial charge in [0, 0.05) is 0 Å². The van der Waals surface area contributed by atoms with Crippen LogP contribution in [-0.2, 0) is 0 Å². The molecule has 3 atom stereocenters. The summed E-state index contributed by atoms with van der Waals surface area (Å²) in [5, 5.41) is 28.0. The first-order valence-electron chi connectivity index (χ1n) is 5.13. The molecule has 15 heavy (non-hydrogen) atoms. The number of aliphatic hydroxyl groups is 3. The standard InChI is InChI=1S/C10H24NO3.H2O/c1-8(12)5-11(4,6-9(2)13)7-10(3)14;/h8-10,12-14H,5-7H2,1-4H3;1H2/q+1;/p-1. The van der Waals surface area contributed by atoms with Gasteiger partial charge in [0.15, 0.2) is 0 Å². The third-order valence-corrected chi connectivity index (χ3v) is 2.11. The Bertz CT molecular complexity index is 133. The third-order valence-electron chi connectivity index (χ3n) is 2.11. The lowest BCUT2D eigenvalue weighted by Crippen LogP contribution is -2.54. The number of likely N-dealkylation sites (N-methyl/N-ethyl adjacent to an activating group) is 1. The van der Waals surface area contributed by atoms with E-state index in [4.69, 9.17) is 0 Å². The first kappa shape index (κ1) is 17.2. The van der Waals surface area contributed by atoms with Gasteiger partial charge in [0.25, 0.3) is 0 Å². The topological polar surface area (TPSA) is 90.7 Å². The minimum Gasteiger partial charge on any atom is -0.870 e. The predicted octanol–water partition coefficient (Wildman–Crippen LogP) is -0.601. The lowest BCUT2D eigenvalue weighted by atomic mass is 10.2. The van der Waals surface area contributed by atoms with E-state index in [9.17, 15) is 15.3 Å². The van der Waals surface area contributed by atoms with Gasteiger partial charge in [-0.1, -0.05) is 0 Å². The molecule has 0 aliphatic rings. The molecule has 0 heterocycles. The molecular weight excluding hydrogens is 198 g/mol. The minimum atomic E-state index is -0.419. The molecular formula is C10H25NO4. The second-order valence-electron chi connectivity index (χ2n) is 4.71. The Morgan fingerprint density at radius 2 is 1.00 bits per heavy atom. The first-order valence-corrected chi connectivity index (χ1v) is 5.13. The van der Waals surface area contributed by atoms with Crippen LogP contribution in [0.15, 0.2) is 0 Å². The molecule has 0 rings (SSSR count). The normalized spacial score (nSPS) is 21.0. The Morgan fingerprint density at radius 1 is 0.800 bits per heavy atom. The van der Waals surface area contributed by atoms with Gasteiger partial charge in [-0.15, -0.1) is 0 Å². The van der Waals surface area contributed by atoms with Crippen molar-refractivity contribution in [3.05, 3.63) is 0 Å². The molecule has 0 amide bonds. The molecule has 94 valence electrons. The van der Waals surface area contributed by atoms with Crippen LogP contribution in [0.5, 0.6) is 0 Å². The molecule has 0 saturated heterocycles. The third kappa shape index (κ3) is 8.77. The lowest BCUT2D eigenvalue weighted by molar-refractivity contribution is -0.917. The fraction of sp³-hybridized carbons (Fsp3) is 1.00. The van der Waals surface area contributed by atoms with Gasteiger partial charge in [-0.3, -0.25) is 0 Å². The molecule has 0 spiro atoms. The van der Waals surface area contributed by atoms with Crippen molar-refractivity contribution in [1.82, 2.24) is 0 Å². The highest BCUT2D eigenvalue weighted by Gasteiger charge is 2.27. The summed E-state index contributed by atoms with van der Waals surface area (Å²) >= 11 is 0. The summed E-state index contributed by atoms with van der Waals surface area (Å²) in [7, 11) is 1.94. The summed E-state index contributed by atoms with van der Waals surface area (Å²) in [5.41, 5.74) is 0. The van der Waals surface area contributed by atoms with Gasteiger partial charge >= 0.3 is 0 Å². The quantitative estimate of drug-likeness (QED) is 0.524. The summed E-state index contributed by atoms with van der Waals surface area (Å²) in [6, 6.07) is 0. The van der Waals surface area contributed by atoms with E-state index in [-0.39, 0.29) is 5.48 Å². The summed E-state index contributed by atoms with van der Waals surface area (Å²) in [6.45, 7) is 6.82. The van der Waals surface area contributed by atoms with Gasteiger partial charge in [-0.2, -0.15) is 0 Å². The smallest absolute Gasteiger partial charge is 0.105 e. The fourth-order valence-electron chi connectivity index (χ4n) is 2.14. The van der Waals surface area contributed by atoms with Gasteiger partial charge in [0.2, 0.25) is 0 Å². The molecule has 0 radical (unpaired) electrons. The predicted molar refractivity (Wildman–Crippen MR) is 57.8 cm³/mol. The van der Waals surface area contributed by atoms with Crippen LogP contribution in [0.1, 0.15) is 20.8 Å². The summed E-state index contributed by atoms with van der Waals surface area (Å²) < 4.78 is 0.493. The van der Waals surface area contributed by atoms with Crippen LogP contribution >= 0.6 is 0 Å². The zero-order chi connectivity index (χ0) is 11.4. The van der Waals surface area contributed by atoms with E-state index in [2.05, 4.69) is 0 Å².